The van der Waals surface area contributed by atoms with Gasteiger partial charge in [0.1, 0.15) is 5.76 Å². The minimum absolute atomic E-state index is 0.0601. The largest absolute Gasteiger partial charge is 0.507 e. The van der Waals surface area contributed by atoms with E-state index in [9.17, 15) is 9.90 Å². The maximum absolute atomic E-state index is 11.4. The van der Waals surface area contributed by atoms with Crippen LogP contribution in [0, 0.1) is 13.8 Å². The molecule has 16 heavy (non-hydrogen) atoms. The molecule has 1 N–H and O–H groups in total. The summed E-state index contributed by atoms with van der Waals surface area (Å²) in [7, 11) is 1.32. The second kappa shape index (κ2) is 3.67. The van der Waals surface area contributed by atoms with Crippen LogP contribution in [0.15, 0.2) is 17.7 Å². The SMILES string of the molecule is COC(=O)C1=C(O)c2cc(C)c(C)cc2C1. The van der Waals surface area contributed by atoms with Crippen molar-refractivity contribution in [3.63, 3.8) is 0 Å². The van der Waals surface area contributed by atoms with E-state index in [-0.39, 0.29) is 5.76 Å². The van der Waals surface area contributed by atoms with E-state index in [0.717, 1.165) is 22.3 Å². The molecule has 84 valence electrons. The molecule has 0 saturated heterocycles. The summed E-state index contributed by atoms with van der Waals surface area (Å²) in [5.74, 6) is -0.394. The van der Waals surface area contributed by atoms with E-state index in [1.807, 2.05) is 26.0 Å². The van der Waals surface area contributed by atoms with Crippen LogP contribution in [-0.4, -0.2) is 18.2 Å². The third kappa shape index (κ3) is 1.48. The molecular weight excluding hydrogens is 204 g/mol. The molecule has 1 aliphatic carbocycles. The number of aryl methyl sites for hydroxylation is 2. The Bertz CT molecular complexity index is 498. The summed E-state index contributed by atoms with van der Waals surface area (Å²) in [6, 6.07) is 3.92. The van der Waals surface area contributed by atoms with Gasteiger partial charge < -0.3 is 9.84 Å². The standard InChI is InChI=1S/C13H14O3/c1-7-4-9-6-11(13(15)16-3)12(14)10(9)5-8(7)2/h4-5,14H,6H2,1-3H3. The summed E-state index contributed by atoms with van der Waals surface area (Å²) in [5.41, 5.74) is 4.36. The average Bonchev–Trinajstić information content (AvgIpc) is 2.56. The van der Waals surface area contributed by atoms with Crippen LogP contribution in [0.25, 0.3) is 5.76 Å². The van der Waals surface area contributed by atoms with Gasteiger partial charge in [-0.1, -0.05) is 6.07 Å². The molecule has 0 amide bonds. The Balaban J connectivity index is 2.50. The number of benzene rings is 1. The van der Waals surface area contributed by atoms with Gasteiger partial charge in [-0.25, -0.2) is 4.79 Å². The third-order valence-corrected chi connectivity index (χ3v) is 3.06. The monoisotopic (exact) mass is 218 g/mol. The first kappa shape index (κ1) is 10.7. The van der Waals surface area contributed by atoms with Crippen molar-refractivity contribution in [2.75, 3.05) is 7.11 Å². The first-order valence-electron chi connectivity index (χ1n) is 5.15. The Morgan fingerprint density at radius 2 is 1.94 bits per heavy atom. The van der Waals surface area contributed by atoms with Crippen molar-refractivity contribution in [2.24, 2.45) is 0 Å². The van der Waals surface area contributed by atoms with Crippen LogP contribution in [0.1, 0.15) is 22.3 Å². The smallest absolute Gasteiger partial charge is 0.337 e. The highest BCUT2D eigenvalue weighted by molar-refractivity contribution is 5.99. The second-order valence-corrected chi connectivity index (χ2v) is 4.09. The van der Waals surface area contributed by atoms with Crippen molar-refractivity contribution >= 4 is 11.7 Å². The summed E-state index contributed by atoms with van der Waals surface area (Å²) in [6.07, 6.45) is 0.453. The Kier molecular flexibility index (Phi) is 2.46. The van der Waals surface area contributed by atoms with Crippen molar-refractivity contribution in [2.45, 2.75) is 20.3 Å². The Labute approximate surface area is 94.4 Å². The molecule has 0 unspecified atom stereocenters. The number of carbonyl (C=O) groups is 1. The molecule has 0 aliphatic heterocycles. The topological polar surface area (TPSA) is 46.5 Å². The summed E-state index contributed by atoms with van der Waals surface area (Å²) < 4.78 is 4.64. The lowest BCUT2D eigenvalue weighted by Gasteiger charge is -2.05. The molecule has 2 rings (SSSR count). The van der Waals surface area contributed by atoms with Crippen molar-refractivity contribution in [3.05, 3.63) is 40.0 Å². The first-order chi connectivity index (χ1) is 7.54. The van der Waals surface area contributed by atoms with Crippen molar-refractivity contribution in [1.82, 2.24) is 0 Å². The number of hydrogen-bond donors (Lipinski definition) is 1. The van der Waals surface area contributed by atoms with E-state index >= 15 is 0 Å². The first-order valence-corrected chi connectivity index (χ1v) is 5.15. The zero-order valence-electron chi connectivity index (χ0n) is 9.63. The minimum atomic E-state index is -0.455. The highest BCUT2D eigenvalue weighted by Crippen LogP contribution is 2.33. The molecule has 0 heterocycles. The number of esters is 1. The lowest BCUT2D eigenvalue weighted by atomic mass is 10.0. The van der Waals surface area contributed by atoms with Crippen molar-refractivity contribution in [3.8, 4) is 0 Å². The van der Waals surface area contributed by atoms with Gasteiger partial charge in [-0.2, -0.15) is 0 Å². The molecule has 0 saturated carbocycles. The summed E-state index contributed by atoms with van der Waals surface area (Å²) in [4.78, 5) is 11.4. The number of fused-ring (bicyclic) bond motifs is 1. The maximum atomic E-state index is 11.4. The molecule has 0 radical (unpaired) electrons. The molecule has 1 aromatic rings. The van der Waals surface area contributed by atoms with Gasteiger partial charge in [-0.15, -0.1) is 0 Å². The number of rotatable bonds is 1. The van der Waals surface area contributed by atoms with E-state index in [4.69, 9.17) is 0 Å². The van der Waals surface area contributed by atoms with Crippen LogP contribution in [0.2, 0.25) is 0 Å². The van der Waals surface area contributed by atoms with Gasteiger partial charge in [0.15, 0.2) is 0 Å². The molecule has 0 bridgehead atoms. The van der Waals surface area contributed by atoms with Gasteiger partial charge >= 0.3 is 5.97 Å². The van der Waals surface area contributed by atoms with Crippen LogP contribution in [-0.2, 0) is 16.0 Å². The molecular formula is C13H14O3. The quantitative estimate of drug-likeness (QED) is 0.736. The van der Waals surface area contributed by atoms with Crippen LogP contribution < -0.4 is 0 Å². The van der Waals surface area contributed by atoms with Crippen LogP contribution in [0.3, 0.4) is 0 Å². The predicted octanol–water partition coefficient (Wildman–Crippen LogP) is 2.30. The second-order valence-electron chi connectivity index (χ2n) is 4.09. The fourth-order valence-corrected chi connectivity index (χ4v) is 1.97. The summed E-state index contributed by atoms with van der Waals surface area (Å²) in [5, 5.41) is 9.94. The number of methoxy groups -OCH3 is 1. The molecule has 0 fully saturated rings. The molecule has 0 spiro atoms. The summed E-state index contributed by atoms with van der Waals surface area (Å²) in [6.45, 7) is 4.00. The number of aliphatic hydroxyl groups excluding tert-OH is 1. The Morgan fingerprint density at radius 1 is 1.31 bits per heavy atom. The van der Waals surface area contributed by atoms with E-state index in [1.165, 1.54) is 7.11 Å². The highest BCUT2D eigenvalue weighted by Gasteiger charge is 2.27. The predicted molar refractivity (Wildman–Crippen MR) is 61.2 cm³/mol. The fourth-order valence-electron chi connectivity index (χ4n) is 1.97. The number of ether oxygens (including phenoxy) is 1. The normalized spacial score (nSPS) is 13.9. The van der Waals surface area contributed by atoms with E-state index < -0.39 is 5.97 Å². The van der Waals surface area contributed by atoms with Crippen LogP contribution >= 0.6 is 0 Å². The van der Waals surface area contributed by atoms with E-state index in [1.54, 1.807) is 0 Å². The molecule has 3 nitrogen and oxygen atoms in total. The number of carbonyl (C=O) groups excluding carboxylic acids is 1. The average molecular weight is 218 g/mol. The number of hydrogen-bond acceptors (Lipinski definition) is 3. The van der Waals surface area contributed by atoms with Crippen molar-refractivity contribution < 1.29 is 14.6 Å². The lowest BCUT2D eigenvalue weighted by Crippen LogP contribution is -2.05. The third-order valence-electron chi connectivity index (χ3n) is 3.06. The lowest BCUT2D eigenvalue weighted by molar-refractivity contribution is -0.136. The molecule has 1 aliphatic rings. The van der Waals surface area contributed by atoms with Crippen LogP contribution in [0.4, 0.5) is 0 Å². The van der Waals surface area contributed by atoms with E-state index in [0.29, 0.717) is 12.0 Å². The zero-order chi connectivity index (χ0) is 11.9. The number of aliphatic hydroxyl groups is 1. The summed E-state index contributed by atoms with van der Waals surface area (Å²) >= 11 is 0. The molecule has 0 atom stereocenters. The van der Waals surface area contributed by atoms with Crippen LogP contribution in [0.5, 0.6) is 0 Å². The van der Waals surface area contributed by atoms with Crippen molar-refractivity contribution in [1.29, 1.82) is 0 Å². The highest BCUT2D eigenvalue weighted by atomic mass is 16.5. The molecule has 3 heteroatoms. The van der Waals surface area contributed by atoms with Gasteiger partial charge in [0.2, 0.25) is 0 Å². The van der Waals surface area contributed by atoms with Gasteiger partial charge in [-0.05, 0) is 36.6 Å². The van der Waals surface area contributed by atoms with Gasteiger partial charge in [-0.3, -0.25) is 0 Å². The Morgan fingerprint density at radius 3 is 2.56 bits per heavy atom. The maximum Gasteiger partial charge on any atom is 0.337 e. The van der Waals surface area contributed by atoms with E-state index in [2.05, 4.69) is 4.74 Å². The molecule has 0 aromatic heterocycles. The Hall–Kier alpha value is -1.77. The zero-order valence-corrected chi connectivity index (χ0v) is 9.63. The fraction of sp³-hybridized carbons (Fsp3) is 0.308. The van der Waals surface area contributed by atoms with Gasteiger partial charge in [0.05, 0.1) is 12.7 Å². The minimum Gasteiger partial charge on any atom is -0.507 e. The molecule has 1 aromatic carbocycles. The van der Waals surface area contributed by atoms with Gasteiger partial charge in [0, 0.05) is 12.0 Å². The van der Waals surface area contributed by atoms with Gasteiger partial charge in [0.25, 0.3) is 0 Å².